The van der Waals surface area contributed by atoms with E-state index in [9.17, 15) is 4.79 Å². The number of carbonyl (C=O) groups is 1. The first-order valence-electron chi connectivity index (χ1n) is 9.62. The summed E-state index contributed by atoms with van der Waals surface area (Å²) in [6.45, 7) is 0.370. The van der Waals surface area contributed by atoms with Gasteiger partial charge in [-0.25, -0.2) is 0 Å². The van der Waals surface area contributed by atoms with Gasteiger partial charge < -0.3 is 10.4 Å². The van der Waals surface area contributed by atoms with Crippen LogP contribution in [0, 0.1) is 12.3 Å². The lowest BCUT2D eigenvalue weighted by Gasteiger charge is -2.07. The van der Waals surface area contributed by atoms with E-state index in [0.29, 0.717) is 13.0 Å². The van der Waals surface area contributed by atoms with Gasteiger partial charge in [0.2, 0.25) is 5.91 Å². The Morgan fingerprint density at radius 3 is 2.48 bits per heavy atom. The van der Waals surface area contributed by atoms with E-state index < -0.39 is 0 Å². The van der Waals surface area contributed by atoms with Gasteiger partial charge in [0.25, 0.3) is 0 Å². The molecular formula is C20H33N3O2. The molecule has 0 saturated heterocycles. The first kappa shape index (κ1) is 21.4. The zero-order valence-corrected chi connectivity index (χ0v) is 15.4. The van der Waals surface area contributed by atoms with Gasteiger partial charge in [0.05, 0.1) is 6.61 Å². The number of nitrogens with one attached hydrogen (secondary N) is 1. The summed E-state index contributed by atoms with van der Waals surface area (Å²) in [6.07, 6.45) is 21.9. The number of amides is 1. The number of rotatable bonds is 16. The summed E-state index contributed by atoms with van der Waals surface area (Å²) in [5.41, 5.74) is -0.106. The smallest absolute Gasteiger partial charge is 0.220 e. The van der Waals surface area contributed by atoms with Crippen molar-refractivity contribution in [1.82, 2.24) is 5.32 Å². The van der Waals surface area contributed by atoms with Gasteiger partial charge in [0.1, 0.15) is 0 Å². The van der Waals surface area contributed by atoms with E-state index in [4.69, 9.17) is 11.5 Å². The van der Waals surface area contributed by atoms with Crippen molar-refractivity contribution in [2.75, 3.05) is 13.2 Å². The number of unbranched alkanes of at least 4 members (excludes halogenated alkanes) is 6. The molecule has 0 fully saturated rings. The minimum atomic E-state index is -0.106. The molecule has 0 aromatic carbocycles. The number of terminal acetylenes is 1. The summed E-state index contributed by atoms with van der Waals surface area (Å²) in [5, 5.41) is 19.7. The molecule has 140 valence electrons. The quantitative estimate of drug-likeness (QED) is 0.250. The lowest BCUT2D eigenvalue weighted by atomic mass is 10.0. The highest BCUT2D eigenvalue weighted by Crippen LogP contribution is 2.38. The van der Waals surface area contributed by atoms with E-state index in [0.717, 1.165) is 51.4 Å². The van der Waals surface area contributed by atoms with Gasteiger partial charge in [-0.1, -0.05) is 31.4 Å². The highest BCUT2D eigenvalue weighted by Gasteiger charge is 2.37. The molecule has 0 atom stereocenters. The molecule has 0 saturated carbocycles. The van der Waals surface area contributed by atoms with E-state index >= 15 is 0 Å². The second-order valence-electron chi connectivity index (χ2n) is 6.63. The minimum Gasteiger partial charge on any atom is -0.395 e. The molecule has 0 radical (unpaired) electrons. The third-order valence-electron chi connectivity index (χ3n) is 4.37. The van der Waals surface area contributed by atoms with Crippen LogP contribution in [-0.4, -0.2) is 29.8 Å². The fourth-order valence-corrected chi connectivity index (χ4v) is 2.78. The molecule has 0 unspecified atom stereocenters. The van der Waals surface area contributed by atoms with Crippen molar-refractivity contribution in [3.63, 3.8) is 0 Å². The number of nitrogens with zero attached hydrogens (tertiary/aromatic N) is 2. The standard InChI is InChI=1S/C20H33N3O2/c1-2-3-12-15-20(22-23-20)16-13-10-8-6-4-5-7-9-11-14-19(25)21-17-18-24/h1,8,10,24H,3-7,9,11-18H2,(H,21,25). The largest absolute Gasteiger partial charge is 0.395 e. The maximum Gasteiger partial charge on any atom is 0.220 e. The van der Waals surface area contributed by atoms with Gasteiger partial charge in [0, 0.05) is 19.4 Å². The molecule has 2 N–H and O–H groups in total. The predicted octanol–water partition coefficient (Wildman–Crippen LogP) is 4.13. The maximum atomic E-state index is 11.3. The molecule has 5 heteroatoms. The topological polar surface area (TPSA) is 74.0 Å². The fraction of sp³-hybridized carbons (Fsp3) is 0.750. The van der Waals surface area contributed by atoms with E-state index in [-0.39, 0.29) is 18.2 Å². The van der Waals surface area contributed by atoms with Crippen LogP contribution in [0.1, 0.15) is 77.0 Å². The zero-order chi connectivity index (χ0) is 18.2. The molecule has 5 nitrogen and oxygen atoms in total. The van der Waals surface area contributed by atoms with Gasteiger partial charge >= 0.3 is 0 Å². The maximum absolute atomic E-state index is 11.3. The van der Waals surface area contributed by atoms with Crippen LogP contribution in [0.3, 0.4) is 0 Å². The molecular weight excluding hydrogens is 314 g/mol. The molecule has 0 aromatic rings. The second-order valence-corrected chi connectivity index (χ2v) is 6.63. The molecule has 25 heavy (non-hydrogen) atoms. The average molecular weight is 348 g/mol. The lowest BCUT2D eigenvalue weighted by Crippen LogP contribution is -2.25. The average Bonchev–Trinajstić information content (AvgIpc) is 3.38. The Labute approximate surface area is 152 Å². The summed E-state index contributed by atoms with van der Waals surface area (Å²) in [6, 6.07) is 0. The van der Waals surface area contributed by atoms with Crippen molar-refractivity contribution in [2.24, 2.45) is 10.2 Å². The van der Waals surface area contributed by atoms with Crippen molar-refractivity contribution >= 4 is 5.91 Å². The van der Waals surface area contributed by atoms with Crippen molar-refractivity contribution < 1.29 is 9.90 Å². The molecule has 0 spiro atoms. The van der Waals surface area contributed by atoms with Gasteiger partial charge in [-0.2, -0.15) is 10.2 Å². The Balaban J connectivity index is 1.86. The molecule has 1 rings (SSSR count). The highest BCUT2D eigenvalue weighted by atomic mass is 16.3. The van der Waals surface area contributed by atoms with Gasteiger partial charge in [-0.05, 0) is 44.9 Å². The van der Waals surface area contributed by atoms with E-state index in [1.165, 1.54) is 19.3 Å². The summed E-state index contributed by atoms with van der Waals surface area (Å²) < 4.78 is 0. The Bertz CT molecular complexity index is 460. The number of aliphatic hydroxyl groups excluding tert-OH is 1. The predicted molar refractivity (Wildman–Crippen MR) is 101 cm³/mol. The SMILES string of the molecule is C#CCCCC1(CCC=CCCCCCCCC(=O)NCCO)N=N1. The number of carbonyl (C=O) groups excluding carboxylic acids is 1. The molecule has 1 heterocycles. The first-order valence-corrected chi connectivity index (χ1v) is 9.62. The van der Waals surface area contributed by atoms with Crippen LogP contribution in [0.5, 0.6) is 0 Å². The number of hydrogen-bond acceptors (Lipinski definition) is 4. The summed E-state index contributed by atoms with van der Waals surface area (Å²) in [4.78, 5) is 11.3. The monoisotopic (exact) mass is 347 g/mol. The van der Waals surface area contributed by atoms with E-state index in [2.05, 4.69) is 33.6 Å². The van der Waals surface area contributed by atoms with Crippen molar-refractivity contribution in [3.05, 3.63) is 12.2 Å². The Morgan fingerprint density at radius 1 is 1.04 bits per heavy atom. The molecule has 0 bridgehead atoms. The van der Waals surface area contributed by atoms with Gasteiger partial charge in [-0.15, -0.1) is 12.3 Å². The van der Waals surface area contributed by atoms with Crippen LogP contribution in [-0.2, 0) is 4.79 Å². The molecule has 1 aliphatic heterocycles. The number of hydrogen-bond donors (Lipinski definition) is 2. The van der Waals surface area contributed by atoms with Crippen molar-refractivity contribution in [2.45, 2.75) is 82.7 Å². The molecule has 1 aliphatic rings. The molecule has 0 aromatic heterocycles. The Kier molecular flexibility index (Phi) is 11.6. The van der Waals surface area contributed by atoms with E-state index in [1.807, 2.05) is 0 Å². The normalized spacial score (nSPS) is 14.6. The Morgan fingerprint density at radius 2 is 1.76 bits per heavy atom. The number of aliphatic hydroxyl groups is 1. The van der Waals surface area contributed by atoms with Crippen LogP contribution >= 0.6 is 0 Å². The highest BCUT2D eigenvalue weighted by molar-refractivity contribution is 5.75. The van der Waals surface area contributed by atoms with Crippen LogP contribution in [0.2, 0.25) is 0 Å². The van der Waals surface area contributed by atoms with Crippen LogP contribution in [0.25, 0.3) is 0 Å². The summed E-state index contributed by atoms with van der Waals surface area (Å²) in [7, 11) is 0. The minimum absolute atomic E-state index is 0.00947. The van der Waals surface area contributed by atoms with Crippen LogP contribution in [0.15, 0.2) is 22.4 Å². The van der Waals surface area contributed by atoms with Crippen LogP contribution in [0.4, 0.5) is 0 Å². The third-order valence-corrected chi connectivity index (χ3v) is 4.37. The fourth-order valence-electron chi connectivity index (χ4n) is 2.78. The van der Waals surface area contributed by atoms with E-state index in [1.54, 1.807) is 0 Å². The molecule has 1 amide bonds. The van der Waals surface area contributed by atoms with Crippen molar-refractivity contribution in [3.8, 4) is 12.3 Å². The zero-order valence-electron chi connectivity index (χ0n) is 15.4. The van der Waals surface area contributed by atoms with Crippen molar-refractivity contribution in [1.29, 1.82) is 0 Å². The lowest BCUT2D eigenvalue weighted by molar-refractivity contribution is -0.121. The van der Waals surface area contributed by atoms with Gasteiger partial charge in [0.15, 0.2) is 5.66 Å². The molecule has 0 aliphatic carbocycles. The van der Waals surface area contributed by atoms with Gasteiger partial charge in [-0.3, -0.25) is 4.79 Å². The second kappa shape index (κ2) is 13.6. The van der Waals surface area contributed by atoms with Crippen LogP contribution < -0.4 is 5.32 Å². The summed E-state index contributed by atoms with van der Waals surface area (Å²) >= 11 is 0. The Hall–Kier alpha value is -1.67. The number of allylic oxidation sites excluding steroid dienone is 2. The summed E-state index contributed by atoms with van der Waals surface area (Å²) in [5.74, 6) is 2.71. The third kappa shape index (κ3) is 11.5. The first-order chi connectivity index (χ1) is 12.2.